The predicted octanol–water partition coefficient (Wildman–Crippen LogP) is 3.49. The molecule has 1 heterocycles. The summed E-state index contributed by atoms with van der Waals surface area (Å²) in [5, 5.41) is 13.8. The van der Waals surface area contributed by atoms with Gasteiger partial charge in [0.15, 0.2) is 0 Å². The van der Waals surface area contributed by atoms with Crippen LogP contribution in [0.3, 0.4) is 0 Å². The number of rotatable bonds is 7. The molecule has 0 aliphatic carbocycles. The van der Waals surface area contributed by atoms with Crippen molar-refractivity contribution >= 4 is 18.0 Å². The number of hydrogen-bond donors (Lipinski definition) is 3. The molecular formula is C23H36N2O6. The maximum Gasteiger partial charge on any atom is 0.408 e. The van der Waals surface area contributed by atoms with Crippen LogP contribution in [0.5, 0.6) is 0 Å². The van der Waals surface area contributed by atoms with E-state index < -0.39 is 29.7 Å². The van der Waals surface area contributed by atoms with E-state index in [1.165, 1.54) is 0 Å². The fourth-order valence-electron chi connectivity index (χ4n) is 2.82. The Morgan fingerprint density at radius 1 is 1.23 bits per heavy atom. The van der Waals surface area contributed by atoms with Gasteiger partial charge in [-0.3, -0.25) is 4.79 Å². The zero-order valence-corrected chi connectivity index (χ0v) is 19.1. The lowest BCUT2D eigenvalue weighted by molar-refractivity contribution is -0.149. The number of amides is 1. The third-order valence-corrected chi connectivity index (χ3v) is 4.72. The van der Waals surface area contributed by atoms with Gasteiger partial charge in [-0.2, -0.15) is 0 Å². The van der Waals surface area contributed by atoms with Crippen molar-refractivity contribution in [1.82, 2.24) is 10.6 Å². The summed E-state index contributed by atoms with van der Waals surface area (Å²) in [4.78, 5) is 34.4. The minimum absolute atomic E-state index is 0.0502. The molecule has 1 aliphatic heterocycles. The van der Waals surface area contributed by atoms with Gasteiger partial charge in [0.1, 0.15) is 24.3 Å². The van der Waals surface area contributed by atoms with Crippen LogP contribution in [-0.2, 0) is 25.7 Å². The van der Waals surface area contributed by atoms with Gasteiger partial charge in [-0.15, -0.1) is 0 Å². The smallest absolute Gasteiger partial charge is 0.408 e. The Labute approximate surface area is 184 Å². The number of esters is 1. The van der Waals surface area contributed by atoms with E-state index in [2.05, 4.69) is 10.6 Å². The normalized spacial score (nSPS) is 17.5. The van der Waals surface area contributed by atoms with Gasteiger partial charge in [-0.1, -0.05) is 50.6 Å². The second kappa shape index (κ2) is 12.9. The van der Waals surface area contributed by atoms with Crippen LogP contribution in [0.2, 0.25) is 0 Å². The summed E-state index contributed by atoms with van der Waals surface area (Å²) in [5.41, 5.74) is 0.291. The first-order valence-corrected chi connectivity index (χ1v) is 10.7. The van der Waals surface area contributed by atoms with Crippen molar-refractivity contribution in [2.75, 3.05) is 6.54 Å². The quantitative estimate of drug-likeness (QED) is 0.561. The van der Waals surface area contributed by atoms with Gasteiger partial charge in [0.2, 0.25) is 0 Å². The third kappa shape index (κ3) is 10.8. The number of nitrogens with one attached hydrogen (secondary N) is 2. The number of ether oxygens (including phenoxy) is 2. The summed E-state index contributed by atoms with van der Waals surface area (Å²) in [6, 6.07) is 8.44. The second-order valence-corrected chi connectivity index (χ2v) is 8.59. The van der Waals surface area contributed by atoms with Crippen LogP contribution in [0.4, 0.5) is 4.79 Å². The molecule has 0 unspecified atom stereocenters. The minimum Gasteiger partial charge on any atom is -0.480 e. The Kier molecular flexibility index (Phi) is 11.0. The zero-order valence-electron chi connectivity index (χ0n) is 19.1. The minimum atomic E-state index is -0.724. The van der Waals surface area contributed by atoms with E-state index in [1.807, 2.05) is 44.2 Å². The molecule has 3 N–H and O–H groups in total. The number of alkyl carbamates (subject to hydrolysis) is 1. The highest BCUT2D eigenvalue weighted by atomic mass is 16.6. The van der Waals surface area contributed by atoms with Gasteiger partial charge in [0, 0.05) is 0 Å². The Hall–Kier alpha value is -2.61. The van der Waals surface area contributed by atoms with Gasteiger partial charge in [0.25, 0.3) is 0 Å². The van der Waals surface area contributed by atoms with Gasteiger partial charge in [-0.25, -0.2) is 9.59 Å². The Balaban J connectivity index is 0.000000500. The number of benzene rings is 1. The number of carboxylic acids is 1. The first kappa shape index (κ1) is 26.4. The summed E-state index contributed by atoms with van der Waals surface area (Å²) in [6.07, 6.45) is 1.91. The average Bonchev–Trinajstić information content (AvgIpc) is 3.25. The lowest BCUT2D eigenvalue weighted by atomic mass is 9.99. The van der Waals surface area contributed by atoms with Crippen LogP contribution in [0.1, 0.15) is 59.4 Å². The van der Waals surface area contributed by atoms with E-state index in [-0.39, 0.29) is 18.6 Å². The Morgan fingerprint density at radius 3 is 2.32 bits per heavy atom. The molecule has 1 aliphatic rings. The maximum atomic E-state index is 12.3. The molecule has 1 saturated heterocycles. The molecule has 8 heteroatoms. The first-order chi connectivity index (χ1) is 14.5. The van der Waals surface area contributed by atoms with Crippen LogP contribution in [0, 0.1) is 5.92 Å². The summed E-state index contributed by atoms with van der Waals surface area (Å²) in [6.45, 7) is 10.2. The molecule has 1 fully saturated rings. The van der Waals surface area contributed by atoms with E-state index in [0.717, 1.165) is 31.4 Å². The van der Waals surface area contributed by atoms with Gasteiger partial charge >= 0.3 is 18.0 Å². The fourth-order valence-corrected chi connectivity index (χ4v) is 2.82. The SMILES string of the molecule is CC[C@H](C)[C@H](NC(=O)OC(C)(C)C)C(=O)OCc1ccccc1.O=C(O)[C@@H]1CCCN1. The van der Waals surface area contributed by atoms with E-state index in [9.17, 15) is 14.4 Å². The summed E-state index contributed by atoms with van der Waals surface area (Å²) >= 11 is 0. The zero-order chi connectivity index (χ0) is 23.4. The Bertz CT molecular complexity index is 696. The Morgan fingerprint density at radius 2 is 1.87 bits per heavy atom. The number of carbonyl (C=O) groups excluding carboxylic acids is 2. The average molecular weight is 437 g/mol. The summed E-state index contributed by atoms with van der Waals surface area (Å²) in [7, 11) is 0. The van der Waals surface area contributed by atoms with Crippen LogP contribution < -0.4 is 10.6 Å². The van der Waals surface area contributed by atoms with Gasteiger partial charge < -0.3 is 25.2 Å². The molecule has 0 radical (unpaired) electrons. The monoisotopic (exact) mass is 436 g/mol. The van der Waals surface area contributed by atoms with E-state index in [1.54, 1.807) is 20.8 Å². The van der Waals surface area contributed by atoms with Crippen LogP contribution in [0.25, 0.3) is 0 Å². The van der Waals surface area contributed by atoms with E-state index in [4.69, 9.17) is 14.6 Å². The standard InChI is InChI=1S/C18H27NO4.C5H9NO2/c1-6-13(2)15(19-17(21)23-18(3,4)5)16(20)22-12-14-10-8-7-9-11-14;7-5(8)4-2-1-3-6-4/h7-11,13,15H,6,12H2,1-5H3,(H,19,21);4,6H,1-3H2,(H,7,8)/t13-,15-;4-/m00/s1. The van der Waals surface area contributed by atoms with Crippen molar-refractivity contribution in [3.05, 3.63) is 35.9 Å². The number of hydrogen-bond acceptors (Lipinski definition) is 6. The van der Waals surface area contributed by atoms with E-state index >= 15 is 0 Å². The maximum absolute atomic E-state index is 12.3. The molecule has 1 aromatic rings. The molecule has 1 amide bonds. The number of carbonyl (C=O) groups is 3. The summed E-state index contributed by atoms with van der Waals surface area (Å²) < 4.78 is 10.6. The number of aliphatic carboxylic acids is 1. The van der Waals surface area contributed by atoms with Crippen molar-refractivity contribution in [1.29, 1.82) is 0 Å². The highest BCUT2D eigenvalue weighted by molar-refractivity contribution is 5.81. The first-order valence-electron chi connectivity index (χ1n) is 10.7. The van der Waals surface area contributed by atoms with Gasteiger partial charge in [0.05, 0.1) is 0 Å². The van der Waals surface area contributed by atoms with Crippen molar-refractivity contribution in [2.24, 2.45) is 5.92 Å². The molecule has 174 valence electrons. The highest BCUT2D eigenvalue weighted by Crippen LogP contribution is 2.13. The summed E-state index contributed by atoms with van der Waals surface area (Å²) in [5.74, 6) is -1.22. The number of carboxylic acid groups (broad SMARTS) is 1. The van der Waals surface area contributed by atoms with Crippen molar-refractivity contribution in [3.8, 4) is 0 Å². The molecule has 2 rings (SSSR count). The van der Waals surface area contributed by atoms with Crippen LogP contribution >= 0.6 is 0 Å². The fraction of sp³-hybridized carbons (Fsp3) is 0.609. The molecule has 1 aromatic carbocycles. The van der Waals surface area contributed by atoms with Gasteiger partial charge in [-0.05, 0) is 51.6 Å². The molecule has 8 nitrogen and oxygen atoms in total. The predicted molar refractivity (Wildman–Crippen MR) is 118 cm³/mol. The topological polar surface area (TPSA) is 114 Å². The molecule has 3 atom stereocenters. The molecule has 0 aromatic heterocycles. The van der Waals surface area contributed by atoms with Crippen molar-refractivity contribution in [3.63, 3.8) is 0 Å². The molecular weight excluding hydrogens is 400 g/mol. The highest BCUT2D eigenvalue weighted by Gasteiger charge is 2.29. The largest absolute Gasteiger partial charge is 0.480 e. The van der Waals surface area contributed by atoms with Crippen molar-refractivity contribution < 1.29 is 29.0 Å². The lowest BCUT2D eigenvalue weighted by Crippen LogP contribution is -2.47. The molecule has 0 spiro atoms. The molecule has 31 heavy (non-hydrogen) atoms. The molecule has 0 saturated carbocycles. The third-order valence-electron chi connectivity index (χ3n) is 4.72. The second-order valence-electron chi connectivity index (χ2n) is 8.59. The van der Waals surface area contributed by atoms with E-state index in [0.29, 0.717) is 0 Å². The lowest BCUT2D eigenvalue weighted by Gasteiger charge is -2.25. The van der Waals surface area contributed by atoms with Crippen LogP contribution in [0.15, 0.2) is 30.3 Å². The van der Waals surface area contributed by atoms with Crippen molar-refractivity contribution in [2.45, 2.75) is 78.2 Å². The van der Waals surface area contributed by atoms with Crippen LogP contribution in [-0.4, -0.2) is 47.4 Å². The molecule has 0 bridgehead atoms.